The highest BCUT2D eigenvalue weighted by Gasteiger charge is 2.31. The van der Waals surface area contributed by atoms with Gasteiger partial charge in [-0.2, -0.15) is 13.2 Å². The van der Waals surface area contributed by atoms with Crippen molar-refractivity contribution in [2.45, 2.75) is 38.5 Å². The van der Waals surface area contributed by atoms with Crippen LogP contribution in [0.5, 0.6) is 0 Å². The van der Waals surface area contributed by atoms with Crippen molar-refractivity contribution in [3.63, 3.8) is 0 Å². The second-order valence-corrected chi connectivity index (χ2v) is 4.34. The summed E-state index contributed by atoms with van der Waals surface area (Å²) in [6, 6.07) is 0. The van der Waals surface area contributed by atoms with Gasteiger partial charge in [-0.05, 0) is 26.3 Å². The van der Waals surface area contributed by atoms with E-state index in [4.69, 9.17) is 5.73 Å². The zero-order valence-electron chi connectivity index (χ0n) is 9.85. The summed E-state index contributed by atoms with van der Waals surface area (Å²) >= 11 is 0. The number of alkyl halides is 3. The molecular weight excluding hydrogens is 221 g/mol. The van der Waals surface area contributed by atoms with Gasteiger partial charge in [0.1, 0.15) is 0 Å². The minimum Gasteiger partial charge on any atom is -0.389 e. The van der Waals surface area contributed by atoms with E-state index in [-0.39, 0.29) is 19.5 Å². The summed E-state index contributed by atoms with van der Waals surface area (Å²) in [7, 11) is 0. The fourth-order valence-corrected chi connectivity index (χ4v) is 1.34. The number of nitrogens with zero attached hydrogens (tertiary/aromatic N) is 1. The summed E-state index contributed by atoms with van der Waals surface area (Å²) in [6.07, 6.45) is -3.29. The van der Waals surface area contributed by atoms with Gasteiger partial charge >= 0.3 is 6.18 Å². The summed E-state index contributed by atoms with van der Waals surface area (Å²) in [5, 5.41) is 9.61. The van der Waals surface area contributed by atoms with Crippen molar-refractivity contribution in [1.29, 1.82) is 0 Å². The van der Waals surface area contributed by atoms with Gasteiger partial charge in [0.05, 0.1) is 12.1 Å². The van der Waals surface area contributed by atoms with Crippen LogP contribution in [0.15, 0.2) is 0 Å². The largest absolute Gasteiger partial charge is 0.401 e. The first-order valence-electron chi connectivity index (χ1n) is 5.42. The molecule has 0 amide bonds. The minimum absolute atomic E-state index is 0.0545. The summed E-state index contributed by atoms with van der Waals surface area (Å²) in [6.45, 7) is 3.06. The van der Waals surface area contributed by atoms with Crippen LogP contribution in [0, 0.1) is 0 Å². The Morgan fingerprint density at radius 2 is 1.81 bits per heavy atom. The zero-order valence-corrected chi connectivity index (χ0v) is 9.85. The van der Waals surface area contributed by atoms with E-state index >= 15 is 0 Å². The van der Waals surface area contributed by atoms with E-state index < -0.39 is 18.3 Å². The molecule has 98 valence electrons. The van der Waals surface area contributed by atoms with E-state index in [1.807, 2.05) is 6.92 Å². The standard InChI is InChI=1S/C10H21F3N2O/c1-3-5-15(8-10(11,12)13)6-4-9(2,16)7-14/h16H,3-8,14H2,1-2H3. The molecule has 0 bridgehead atoms. The van der Waals surface area contributed by atoms with Crippen LogP contribution in [0.1, 0.15) is 26.7 Å². The van der Waals surface area contributed by atoms with Gasteiger partial charge in [0.2, 0.25) is 0 Å². The highest BCUT2D eigenvalue weighted by atomic mass is 19.4. The van der Waals surface area contributed by atoms with Crippen molar-refractivity contribution in [1.82, 2.24) is 4.90 Å². The van der Waals surface area contributed by atoms with Crippen LogP contribution >= 0.6 is 0 Å². The van der Waals surface area contributed by atoms with E-state index in [0.717, 1.165) is 0 Å². The van der Waals surface area contributed by atoms with Gasteiger partial charge in [-0.25, -0.2) is 0 Å². The Morgan fingerprint density at radius 1 is 1.25 bits per heavy atom. The van der Waals surface area contributed by atoms with Crippen LogP contribution in [0.2, 0.25) is 0 Å². The number of rotatable bonds is 7. The summed E-state index contributed by atoms with van der Waals surface area (Å²) < 4.78 is 36.6. The molecule has 1 unspecified atom stereocenters. The normalized spacial score (nSPS) is 16.5. The van der Waals surface area contributed by atoms with Crippen molar-refractivity contribution in [2.75, 3.05) is 26.2 Å². The van der Waals surface area contributed by atoms with Gasteiger partial charge in [-0.1, -0.05) is 6.92 Å². The second-order valence-electron chi connectivity index (χ2n) is 4.34. The average Bonchev–Trinajstić information content (AvgIpc) is 2.13. The van der Waals surface area contributed by atoms with Crippen molar-refractivity contribution in [3.05, 3.63) is 0 Å². The van der Waals surface area contributed by atoms with Crippen molar-refractivity contribution < 1.29 is 18.3 Å². The molecule has 0 aliphatic carbocycles. The molecule has 6 heteroatoms. The SMILES string of the molecule is CCCN(CCC(C)(O)CN)CC(F)(F)F. The molecule has 0 aliphatic heterocycles. The maximum atomic E-state index is 12.2. The molecule has 3 N–H and O–H groups in total. The number of nitrogens with two attached hydrogens (primary N) is 1. The average molecular weight is 242 g/mol. The molecule has 0 saturated heterocycles. The van der Waals surface area contributed by atoms with Gasteiger partial charge in [0.25, 0.3) is 0 Å². The summed E-state index contributed by atoms with van der Waals surface area (Å²) in [5.74, 6) is 0. The molecule has 0 saturated carbocycles. The summed E-state index contributed by atoms with van der Waals surface area (Å²) in [5.41, 5.74) is 4.22. The molecule has 0 radical (unpaired) electrons. The molecule has 3 nitrogen and oxygen atoms in total. The van der Waals surface area contributed by atoms with Crippen LogP contribution in [-0.2, 0) is 0 Å². The predicted octanol–water partition coefficient (Wildman–Crippen LogP) is 1.36. The Balaban J connectivity index is 4.14. The Labute approximate surface area is 94.4 Å². The first kappa shape index (κ1) is 15.7. The van der Waals surface area contributed by atoms with Gasteiger partial charge in [0, 0.05) is 13.1 Å². The molecule has 0 fully saturated rings. The Hall–Kier alpha value is -0.330. The lowest BCUT2D eigenvalue weighted by atomic mass is 10.0. The first-order valence-corrected chi connectivity index (χ1v) is 5.42. The van der Waals surface area contributed by atoms with Gasteiger partial charge in [0.15, 0.2) is 0 Å². The molecule has 0 heterocycles. The maximum absolute atomic E-state index is 12.2. The predicted molar refractivity (Wildman–Crippen MR) is 57.1 cm³/mol. The van der Waals surface area contributed by atoms with Crippen LogP contribution in [0.4, 0.5) is 13.2 Å². The van der Waals surface area contributed by atoms with Crippen molar-refractivity contribution in [2.24, 2.45) is 5.73 Å². The fraction of sp³-hybridized carbons (Fsp3) is 1.00. The van der Waals surface area contributed by atoms with Gasteiger partial charge < -0.3 is 10.8 Å². The van der Waals surface area contributed by atoms with Crippen LogP contribution in [0.3, 0.4) is 0 Å². The fourth-order valence-electron chi connectivity index (χ4n) is 1.34. The minimum atomic E-state index is -4.19. The molecule has 0 aromatic heterocycles. The number of halogens is 3. The highest BCUT2D eigenvalue weighted by Crippen LogP contribution is 2.18. The van der Waals surface area contributed by atoms with Crippen LogP contribution < -0.4 is 5.73 Å². The third-order valence-electron chi connectivity index (χ3n) is 2.35. The monoisotopic (exact) mass is 242 g/mol. The first-order chi connectivity index (χ1) is 7.20. The van der Waals surface area contributed by atoms with Gasteiger partial charge in [-0.15, -0.1) is 0 Å². The van der Waals surface area contributed by atoms with Crippen LogP contribution in [-0.4, -0.2) is 48.0 Å². The second kappa shape index (κ2) is 6.42. The Bertz CT molecular complexity index is 195. The molecular formula is C10H21F3N2O. The zero-order chi connectivity index (χ0) is 12.8. The molecule has 0 rings (SSSR count). The van der Waals surface area contributed by atoms with Crippen molar-refractivity contribution >= 4 is 0 Å². The van der Waals surface area contributed by atoms with E-state index in [2.05, 4.69) is 0 Å². The number of hydrogen-bond acceptors (Lipinski definition) is 3. The van der Waals surface area contributed by atoms with Crippen LogP contribution in [0.25, 0.3) is 0 Å². The maximum Gasteiger partial charge on any atom is 0.401 e. The number of aliphatic hydroxyl groups is 1. The quantitative estimate of drug-likeness (QED) is 0.708. The molecule has 1 atom stereocenters. The van der Waals surface area contributed by atoms with Crippen molar-refractivity contribution in [3.8, 4) is 0 Å². The lowest BCUT2D eigenvalue weighted by Crippen LogP contribution is -2.41. The third kappa shape index (κ3) is 7.90. The number of hydrogen-bond donors (Lipinski definition) is 2. The molecule has 0 spiro atoms. The smallest absolute Gasteiger partial charge is 0.389 e. The van der Waals surface area contributed by atoms with Gasteiger partial charge in [-0.3, -0.25) is 4.90 Å². The lowest BCUT2D eigenvalue weighted by molar-refractivity contribution is -0.147. The molecule has 16 heavy (non-hydrogen) atoms. The third-order valence-corrected chi connectivity index (χ3v) is 2.35. The Kier molecular flexibility index (Phi) is 6.28. The van der Waals surface area contributed by atoms with E-state index in [1.165, 1.54) is 11.8 Å². The van der Waals surface area contributed by atoms with E-state index in [1.54, 1.807) is 0 Å². The Morgan fingerprint density at radius 3 is 2.19 bits per heavy atom. The molecule has 0 aliphatic rings. The molecule has 0 aromatic carbocycles. The summed E-state index contributed by atoms with van der Waals surface area (Å²) in [4.78, 5) is 1.30. The molecule has 0 aromatic rings. The van der Waals surface area contributed by atoms with E-state index in [0.29, 0.717) is 13.0 Å². The topological polar surface area (TPSA) is 49.5 Å². The lowest BCUT2D eigenvalue weighted by Gasteiger charge is -2.27. The highest BCUT2D eigenvalue weighted by molar-refractivity contribution is 4.76. The van der Waals surface area contributed by atoms with E-state index in [9.17, 15) is 18.3 Å².